The minimum Gasteiger partial charge on any atom is -0.463 e. The second-order valence-corrected chi connectivity index (χ2v) is 5.74. The van der Waals surface area contributed by atoms with Crippen LogP contribution in [-0.4, -0.2) is 26.4 Å². The first-order valence-electron chi connectivity index (χ1n) is 8.21. The quantitative estimate of drug-likeness (QED) is 0.536. The Morgan fingerprint density at radius 3 is 2.77 bits per heavy atom. The fraction of sp³-hybridized carbons (Fsp3) is 0.0952. The van der Waals surface area contributed by atoms with E-state index in [1.165, 1.54) is 0 Å². The standard InChI is InChI=1S/C21H16N4O/c1-25-15-19(16-10-12-22-13-11-16)21(24-25)26-14-4-6-18-9-8-17-5-2-3-7-20(17)23-18/h2-3,5,7-13,15H,14H2,1H3. The van der Waals surface area contributed by atoms with Crippen molar-refractivity contribution in [1.29, 1.82) is 0 Å². The van der Waals surface area contributed by atoms with E-state index in [2.05, 4.69) is 26.9 Å². The number of ether oxygens (including phenoxy) is 1. The smallest absolute Gasteiger partial charge is 0.241 e. The molecule has 0 aliphatic heterocycles. The van der Waals surface area contributed by atoms with Gasteiger partial charge in [0.05, 0.1) is 11.1 Å². The highest BCUT2D eigenvalue weighted by Gasteiger charge is 2.10. The van der Waals surface area contributed by atoms with Crippen LogP contribution in [0.15, 0.2) is 67.1 Å². The molecule has 0 fully saturated rings. The Hall–Kier alpha value is -3.65. The maximum absolute atomic E-state index is 5.77. The number of nitrogens with zero attached hydrogens (tertiary/aromatic N) is 4. The van der Waals surface area contributed by atoms with Gasteiger partial charge < -0.3 is 4.74 Å². The van der Waals surface area contributed by atoms with Crippen molar-refractivity contribution in [3.05, 3.63) is 72.8 Å². The molecule has 26 heavy (non-hydrogen) atoms. The summed E-state index contributed by atoms with van der Waals surface area (Å²) in [6.45, 7) is 0.240. The topological polar surface area (TPSA) is 52.8 Å². The molecule has 0 atom stereocenters. The first-order chi connectivity index (χ1) is 12.8. The van der Waals surface area contributed by atoms with Gasteiger partial charge in [0.2, 0.25) is 5.88 Å². The van der Waals surface area contributed by atoms with Gasteiger partial charge in [-0.1, -0.05) is 30.2 Å². The summed E-state index contributed by atoms with van der Waals surface area (Å²) in [6, 6.07) is 15.8. The van der Waals surface area contributed by atoms with E-state index in [-0.39, 0.29) is 6.61 Å². The Labute approximate surface area is 151 Å². The molecule has 0 saturated carbocycles. The minimum atomic E-state index is 0.240. The van der Waals surface area contributed by atoms with Crippen LogP contribution in [0, 0.1) is 11.8 Å². The molecule has 0 N–H and O–H groups in total. The predicted molar refractivity (Wildman–Crippen MR) is 101 cm³/mol. The fourth-order valence-corrected chi connectivity index (χ4v) is 2.67. The molecule has 5 heteroatoms. The molecule has 0 aliphatic rings. The average Bonchev–Trinajstić information content (AvgIpc) is 3.06. The molecule has 4 aromatic rings. The molecular weight excluding hydrogens is 324 g/mol. The number of aryl methyl sites for hydroxylation is 1. The average molecular weight is 340 g/mol. The van der Waals surface area contributed by atoms with Crippen molar-refractivity contribution in [2.75, 3.05) is 6.61 Å². The zero-order valence-corrected chi connectivity index (χ0v) is 14.3. The Bertz CT molecular complexity index is 1110. The summed E-state index contributed by atoms with van der Waals surface area (Å²) >= 11 is 0. The number of fused-ring (bicyclic) bond motifs is 1. The lowest BCUT2D eigenvalue weighted by Gasteiger charge is -2.01. The van der Waals surface area contributed by atoms with Crippen LogP contribution in [0.5, 0.6) is 5.88 Å². The molecule has 126 valence electrons. The molecule has 0 saturated heterocycles. The molecule has 0 amide bonds. The number of benzene rings is 1. The van der Waals surface area contributed by atoms with Crippen molar-refractivity contribution >= 4 is 10.9 Å². The van der Waals surface area contributed by atoms with Gasteiger partial charge in [-0.05, 0) is 35.7 Å². The summed E-state index contributed by atoms with van der Waals surface area (Å²) in [4.78, 5) is 8.57. The van der Waals surface area contributed by atoms with Crippen molar-refractivity contribution in [3.63, 3.8) is 0 Å². The first kappa shape index (κ1) is 15.9. The van der Waals surface area contributed by atoms with E-state index < -0.39 is 0 Å². The summed E-state index contributed by atoms with van der Waals surface area (Å²) in [5.74, 6) is 6.60. The van der Waals surface area contributed by atoms with Crippen LogP contribution in [0.2, 0.25) is 0 Å². The summed E-state index contributed by atoms with van der Waals surface area (Å²) in [5.41, 5.74) is 3.58. The molecule has 3 heterocycles. The first-order valence-corrected chi connectivity index (χ1v) is 8.21. The molecule has 0 spiro atoms. The molecule has 5 nitrogen and oxygen atoms in total. The van der Waals surface area contributed by atoms with E-state index in [1.54, 1.807) is 17.1 Å². The summed E-state index contributed by atoms with van der Waals surface area (Å²) in [6.07, 6.45) is 5.41. The Kier molecular flexibility index (Phi) is 4.31. The van der Waals surface area contributed by atoms with Crippen molar-refractivity contribution in [2.45, 2.75) is 0 Å². The third-order valence-corrected chi connectivity index (χ3v) is 3.88. The van der Waals surface area contributed by atoms with Crippen LogP contribution < -0.4 is 4.74 Å². The van der Waals surface area contributed by atoms with Gasteiger partial charge in [-0.25, -0.2) is 4.98 Å². The number of pyridine rings is 2. The molecule has 0 unspecified atom stereocenters. The van der Waals surface area contributed by atoms with Gasteiger partial charge >= 0.3 is 0 Å². The van der Waals surface area contributed by atoms with Crippen LogP contribution in [0.4, 0.5) is 0 Å². The van der Waals surface area contributed by atoms with E-state index in [4.69, 9.17) is 4.74 Å². The zero-order valence-electron chi connectivity index (χ0n) is 14.3. The predicted octanol–water partition coefficient (Wildman–Crippen LogP) is 3.46. The third-order valence-electron chi connectivity index (χ3n) is 3.88. The van der Waals surface area contributed by atoms with Crippen molar-refractivity contribution < 1.29 is 4.74 Å². The molecule has 0 bridgehead atoms. The Morgan fingerprint density at radius 1 is 1.04 bits per heavy atom. The summed E-state index contributed by atoms with van der Waals surface area (Å²) in [5, 5.41) is 5.46. The van der Waals surface area contributed by atoms with Crippen molar-refractivity contribution in [3.8, 4) is 28.8 Å². The van der Waals surface area contributed by atoms with Crippen molar-refractivity contribution in [2.24, 2.45) is 7.05 Å². The number of aromatic nitrogens is 4. The fourth-order valence-electron chi connectivity index (χ4n) is 2.67. The van der Waals surface area contributed by atoms with Gasteiger partial charge in [0.25, 0.3) is 0 Å². The largest absolute Gasteiger partial charge is 0.463 e. The van der Waals surface area contributed by atoms with E-state index >= 15 is 0 Å². The van der Waals surface area contributed by atoms with Crippen LogP contribution in [0.3, 0.4) is 0 Å². The summed E-state index contributed by atoms with van der Waals surface area (Å²) < 4.78 is 7.49. The van der Waals surface area contributed by atoms with Gasteiger partial charge in [-0.3, -0.25) is 9.67 Å². The van der Waals surface area contributed by atoms with Crippen LogP contribution in [-0.2, 0) is 7.05 Å². The SMILES string of the molecule is Cn1cc(-c2ccncc2)c(OCC#Cc2ccc3ccccc3n2)n1. The van der Waals surface area contributed by atoms with Gasteiger partial charge in [0.15, 0.2) is 6.61 Å². The second kappa shape index (κ2) is 7.08. The zero-order chi connectivity index (χ0) is 17.8. The highest BCUT2D eigenvalue weighted by molar-refractivity contribution is 5.78. The number of hydrogen-bond donors (Lipinski definition) is 0. The minimum absolute atomic E-state index is 0.240. The lowest BCUT2D eigenvalue weighted by atomic mass is 10.1. The maximum atomic E-state index is 5.77. The monoisotopic (exact) mass is 340 g/mol. The molecular formula is C21H16N4O. The number of para-hydroxylation sites is 1. The van der Waals surface area contributed by atoms with E-state index in [9.17, 15) is 0 Å². The van der Waals surface area contributed by atoms with E-state index in [0.717, 1.165) is 27.7 Å². The van der Waals surface area contributed by atoms with Gasteiger partial charge in [-0.15, -0.1) is 5.10 Å². The molecule has 1 aromatic carbocycles. The second-order valence-electron chi connectivity index (χ2n) is 5.74. The maximum Gasteiger partial charge on any atom is 0.241 e. The molecule has 0 aliphatic carbocycles. The Morgan fingerprint density at radius 2 is 1.88 bits per heavy atom. The van der Waals surface area contributed by atoms with Gasteiger partial charge in [0.1, 0.15) is 5.69 Å². The lowest BCUT2D eigenvalue weighted by Crippen LogP contribution is -1.97. The van der Waals surface area contributed by atoms with Crippen LogP contribution in [0.1, 0.15) is 5.69 Å². The van der Waals surface area contributed by atoms with Crippen LogP contribution >= 0.6 is 0 Å². The molecule has 4 rings (SSSR count). The molecule has 3 aromatic heterocycles. The van der Waals surface area contributed by atoms with Gasteiger partial charge in [-0.2, -0.15) is 0 Å². The summed E-state index contributed by atoms with van der Waals surface area (Å²) in [7, 11) is 1.86. The lowest BCUT2D eigenvalue weighted by molar-refractivity contribution is 0.352. The van der Waals surface area contributed by atoms with Crippen LogP contribution in [0.25, 0.3) is 22.0 Å². The van der Waals surface area contributed by atoms with Gasteiger partial charge in [0, 0.05) is 31.0 Å². The Balaban J connectivity index is 1.49. The normalized spacial score (nSPS) is 10.3. The molecule has 0 radical (unpaired) electrons. The van der Waals surface area contributed by atoms with Crippen molar-refractivity contribution in [1.82, 2.24) is 19.7 Å². The highest BCUT2D eigenvalue weighted by atomic mass is 16.5. The number of hydrogen-bond acceptors (Lipinski definition) is 4. The number of rotatable bonds is 3. The third kappa shape index (κ3) is 3.40. The highest BCUT2D eigenvalue weighted by Crippen LogP contribution is 2.27. The van der Waals surface area contributed by atoms with E-state index in [0.29, 0.717) is 5.88 Å². The van der Waals surface area contributed by atoms with E-state index in [1.807, 2.05) is 61.8 Å².